The summed E-state index contributed by atoms with van der Waals surface area (Å²) < 4.78 is 19.2. The first-order chi connectivity index (χ1) is 12.5. The first kappa shape index (κ1) is 17.3. The van der Waals surface area contributed by atoms with Crippen LogP contribution < -0.4 is 20.7 Å². The highest BCUT2D eigenvalue weighted by molar-refractivity contribution is 6.05. The normalized spacial score (nSPS) is 16.0. The van der Waals surface area contributed by atoms with Gasteiger partial charge in [-0.05, 0) is 18.2 Å². The van der Waals surface area contributed by atoms with Gasteiger partial charge in [0.1, 0.15) is 6.04 Å². The molecule has 26 heavy (non-hydrogen) atoms. The number of amides is 4. The number of rotatable bonds is 6. The third-order valence-corrected chi connectivity index (χ3v) is 3.62. The van der Waals surface area contributed by atoms with E-state index in [9.17, 15) is 18.8 Å². The number of aromatic nitrogens is 1. The molecule has 0 spiro atoms. The maximum Gasteiger partial charge on any atom is 0.322 e. The van der Waals surface area contributed by atoms with Crippen molar-refractivity contribution in [2.45, 2.75) is 19.0 Å². The molecular weight excluding hydrogens is 343 g/mol. The van der Waals surface area contributed by atoms with Crippen LogP contribution in [-0.2, 0) is 16.1 Å². The zero-order valence-corrected chi connectivity index (χ0v) is 13.5. The molecule has 8 nitrogen and oxygen atoms in total. The lowest BCUT2D eigenvalue weighted by atomic mass is 10.2. The van der Waals surface area contributed by atoms with Gasteiger partial charge in [0.25, 0.3) is 5.91 Å². The molecule has 2 aromatic rings. The molecule has 0 radical (unpaired) electrons. The van der Waals surface area contributed by atoms with Crippen LogP contribution in [0, 0.1) is 5.82 Å². The van der Waals surface area contributed by atoms with Crippen LogP contribution in [-0.4, -0.2) is 28.9 Å². The van der Waals surface area contributed by atoms with Crippen molar-refractivity contribution in [1.82, 2.24) is 20.9 Å². The van der Waals surface area contributed by atoms with Crippen molar-refractivity contribution in [1.29, 1.82) is 0 Å². The molecule has 0 saturated carbocycles. The second-order valence-electron chi connectivity index (χ2n) is 5.50. The zero-order chi connectivity index (χ0) is 18.5. The number of ether oxygens (including phenoxy) is 1. The van der Waals surface area contributed by atoms with E-state index in [1.54, 1.807) is 24.3 Å². The van der Waals surface area contributed by atoms with Crippen molar-refractivity contribution in [2.24, 2.45) is 0 Å². The van der Waals surface area contributed by atoms with Crippen molar-refractivity contribution >= 4 is 17.8 Å². The van der Waals surface area contributed by atoms with Gasteiger partial charge >= 0.3 is 6.03 Å². The third kappa shape index (κ3) is 4.12. The van der Waals surface area contributed by atoms with Crippen LogP contribution >= 0.6 is 0 Å². The Labute approximate surface area is 147 Å². The lowest BCUT2D eigenvalue weighted by Gasteiger charge is -2.12. The first-order valence-electron chi connectivity index (χ1n) is 7.77. The topological polar surface area (TPSA) is 109 Å². The Kier molecular flexibility index (Phi) is 5.07. The molecule has 4 amide bonds. The number of para-hydroxylation sites is 1. The van der Waals surface area contributed by atoms with E-state index in [0.29, 0.717) is 5.56 Å². The molecule has 1 fully saturated rings. The van der Waals surface area contributed by atoms with E-state index in [2.05, 4.69) is 20.9 Å². The fraction of sp³-hybridized carbons (Fsp3) is 0.176. The van der Waals surface area contributed by atoms with Crippen molar-refractivity contribution < 1.29 is 23.5 Å². The number of nitrogens with one attached hydrogen (secondary N) is 3. The van der Waals surface area contributed by atoms with Crippen LogP contribution in [0.5, 0.6) is 11.6 Å². The molecule has 2 heterocycles. The summed E-state index contributed by atoms with van der Waals surface area (Å²) in [7, 11) is 0. The van der Waals surface area contributed by atoms with E-state index >= 15 is 0 Å². The number of hydrogen-bond donors (Lipinski definition) is 3. The quantitative estimate of drug-likeness (QED) is 0.673. The van der Waals surface area contributed by atoms with Crippen LogP contribution in [0.2, 0.25) is 0 Å². The number of hydrogen-bond acceptors (Lipinski definition) is 5. The Balaban J connectivity index is 1.62. The van der Waals surface area contributed by atoms with Gasteiger partial charge in [0, 0.05) is 18.3 Å². The number of carbonyl (C=O) groups is 3. The number of halogens is 1. The molecule has 9 heteroatoms. The number of nitrogens with zero attached hydrogens (tertiary/aromatic N) is 1. The van der Waals surface area contributed by atoms with Gasteiger partial charge in [-0.3, -0.25) is 14.9 Å². The molecule has 0 aliphatic carbocycles. The van der Waals surface area contributed by atoms with E-state index in [1.807, 2.05) is 0 Å². The molecule has 3 N–H and O–H groups in total. The van der Waals surface area contributed by atoms with Gasteiger partial charge in [-0.1, -0.05) is 18.2 Å². The zero-order valence-electron chi connectivity index (χ0n) is 13.5. The van der Waals surface area contributed by atoms with E-state index in [1.165, 1.54) is 18.3 Å². The summed E-state index contributed by atoms with van der Waals surface area (Å²) in [6.07, 6.45) is 1.29. The predicted octanol–water partition coefficient (Wildman–Crippen LogP) is 1.23. The van der Waals surface area contributed by atoms with Crippen LogP contribution in [0.15, 0.2) is 42.6 Å². The van der Waals surface area contributed by atoms with Gasteiger partial charge in [-0.15, -0.1) is 0 Å². The van der Waals surface area contributed by atoms with Crippen molar-refractivity contribution in [2.75, 3.05) is 0 Å². The van der Waals surface area contributed by atoms with Gasteiger partial charge in [-0.2, -0.15) is 0 Å². The van der Waals surface area contributed by atoms with Gasteiger partial charge < -0.3 is 15.4 Å². The molecule has 1 aromatic carbocycles. The standard InChI is InChI=1S/C17H15FN4O4/c18-11-5-1-2-6-13(11)26-16-10(4-3-7-19-16)9-20-14(23)8-12-15(24)22-17(25)21-12/h1-7,12H,8-9H2,(H,20,23)(H2,21,22,24,25)/t12-/m0/s1. The number of urea groups is 1. The molecule has 0 unspecified atom stereocenters. The van der Waals surface area contributed by atoms with Crippen molar-refractivity contribution in [3.8, 4) is 11.6 Å². The van der Waals surface area contributed by atoms with Crippen LogP contribution in [0.4, 0.5) is 9.18 Å². The summed E-state index contributed by atoms with van der Waals surface area (Å²) in [5.41, 5.74) is 0.531. The van der Waals surface area contributed by atoms with Gasteiger partial charge in [0.2, 0.25) is 11.8 Å². The van der Waals surface area contributed by atoms with Crippen LogP contribution in [0.25, 0.3) is 0 Å². The van der Waals surface area contributed by atoms with Gasteiger partial charge in [0.05, 0.1) is 6.42 Å². The first-order valence-corrected chi connectivity index (χ1v) is 7.77. The highest BCUT2D eigenvalue weighted by Gasteiger charge is 2.31. The molecule has 3 rings (SSSR count). The summed E-state index contributed by atoms with van der Waals surface area (Å²) in [6, 6.07) is 7.71. The number of pyridine rings is 1. The summed E-state index contributed by atoms with van der Waals surface area (Å²) in [4.78, 5) is 38.5. The lowest BCUT2D eigenvalue weighted by molar-refractivity contribution is -0.126. The van der Waals surface area contributed by atoms with E-state index in [-0.39, 0.29) is 24.6 Å². The van der Waals surface area contributed by atoms with E-state index in [0.717, 1.165) is 0 Å². The Morgan fingerprint density at radius 3 is 2.77 bits per heavy atom. The molecule has 1 aliphatic rings. The molecule has 1 saturated heterocycles. The van der Waals surface area contributed by atoms with E-state index < -0.39 is 29.7 Å². The third-order valence-electron chi connectivity index (χ3n) is 3.62. The summed E-state index contributed by atoms with van der Waals surface area (Å²) >= 11 is 0. The molecule has 0 bridgehead atoms. The fourth-order valence-corrected chi connectivity index (χ4v) is 2.34. The maximum absolute atomic E-state index is 13.7. The SMILES string of the molecule is O=C(C[C@@H]1NC(=O)NC1=O)NCc1cccnc1Oc1ccccc1F. The highest BCUT2D eigenvalue weighted by atomic mass is 19.1. The minimum Gasteiger partial charge on any atom is -0.436 e. The Bertz CT molecular complexity index is 858. The van der Waals surface area contributed by atoms with Crippen LogP contribution in [0.3, 0.4) is 0 Å². The molecule has 134 valence electrons. The minimum absolute atomic E-state index is 0.0177. The second kappa shape index (κ2) is 7.60. The smallest absolute Gasteiger partial charge is 0.322 e. The molecule has 1 aliphatic heterocycles. The Hall–Kier alpha value is -3.49. The second-order valence-corrected chi connectivity index (χ2v) is 5.50. The lowest BCUT2D eigenvalue weighted by Crippen LogP contribution is -2.36. The van der Waals surface area contributed by atoms with Gasteiger partial charge in [0.15, 0.2) is 11.6 Å². The summed E-state index contributed by atoms with van der Waals surface area (Å²) in [5.74, 6) is -1.34. The highest BCUT2D eigenvalue weighted by Crippen LogP contribution is 2.25. The largest absolute Gasteiger partial charge is 0.436 e. The van der Waals surface area contributed by atoms with Crippen molar-refractivity contribution in [3.05, 3.63) is 54.0 Å². The molecule has 1 atom stereocenters. The maximum atomic E-state index is 13.7. The average Bonchev–Trinajstić information content (AvgIpc) is 2.93. The molecule has 1 aromatic heterocycles. The Morgan fingerprint density at radius 2 is 2.04 bits per heavy atom. The number of imide groups is 1. The average molecular weight is 358 g/mol. The van der Waals surface area contributed by atoms with Gasteiger partial charge in [-0.25, -0.2) is 14.2 Å². The van der Waals surface area contributed by atoms with Crippen LogP contribution in [0.1, 0.15) is 12.0 Å². The monoisotopic (exact) mass is 358 g/mol. The van der Waals surface area contributed by atoms with E-state index in [4.69, 9.17) is 4.74 Å². The van der Waals surface area contributed by atoms with Crippen molar-refractivity contribution in [3.63, 3.8) is 0 Å². The molecular formula is C17H15FN4O4. The summed E-state index contributed by atoms with van der Waals surface area (Å²) in [5, 5.41) is 7.02. The predicted molar refractivity (Wildman–Crippen MR) is 87.6 cm³/mol. The number of benzene rings is 1. The number of carbonyl (C=O) groups excluding carboxylic acids is 3. The fourth-order valence-electron chi connectivity index (χ4n) is 2.34. The summed E-state index contributed by atoms with van der Waals surface area (Å²) in [6.45, 7) is 0.0682. The Morgan fingerprint density at radius 1 is 1.23 bits per heavy atom. The minimum atomic E-state index is -0.898.